The predicted octanol–water partition coefficient (Wildman–Crippen LogP) is 2.91. The number of hydrogen-bond acceptors (Lipinski definition) is 8. The molecule has 170 valence electrons. The molecular formula is C22H25N3O6S. The molecule has 0 saturated heterocycles. The van der Waals surface area contributed by atoms with Crippen LogP contribution < -0.4 is 20.2 Å². The van der Waals surface area contributed by atoms with Gasteiger partial charge in [-0.1, -0.05) is 0 Å². The maximum Gasteiger partial charge on any atom is 0.341 e. The average Bonchev–Trinajstić information content (AvgIpc) is 3.37. The summed E-state index contributed by atoms with van der Waals surface area (Å²) in [5, 5.41) is 6.86. The Morgan fingerprint density at radius 3 is 2.53 bits per heavy atom. The Labute approximate surface area is 189 Å². The summed E-state index contributed by atoms with van der Waals surface area (Å²) in [6, 6.07) is 5.18. The molecule has 0 bridgehead atoms. The van der Waals surface area contributed by atoms with Crippen molar-refractivity contribution in [3.8, 4) is 11.5 Å². The number of fused-ring (bicyclic) bond motifs is 1. The highest BCUT2D eigenvalue weighted by molar-refractivity contribution is 7.17. The molecule has 3 rings (SSSR count). The highest BCUT2D eigenvalue weighted by Crippen LogP contribution is 2.39. The van der Waals surface area contributed by atoms with Crippen molar-refractivity contribution in [1.82, 2.24) is 5.43 Å². The largest absolute Gasteiger partial charge is 0.493 e. The van der Waals surface area contributed by atoms with E-state index in [0.29, 0.717) is 33.3 Å². The molecule has 2 amide bonds. The van der Waals surface area contributed by atoms with E-state index in [0.717, 1.165) is 29.7 Å². The van der Waals surface area contributed by atoms with Crippen LogP contribution in [0.25, 0.3) is 0 Å². The summed E-state index contributed by atoms with van der Waals surface area (Å²) in [6.45, 7) is 3.62. The molecule has 0 unspecified atom stereocenters. The lowest BCUT2D eigenvalue weighted by atomic mass is 10.1. The zero-order valence-electron chi connectivity index (χ0n) is 18.4. The number of carbonyl (C=O) groups is 3. The number of thiophene rings is 1. The number of hydrazone groups is 1. The van der Waals surface area contributed by atoms with E-state index < -0.39 is 17.8 Å². The number of amides is 2. The molecule has 1 aliphatic rings. The minimum Gasteiger partial charge on any atom is -0.493 e. The number of hydrogen-bond donors (Lipinski definition) is 2. The Kier molecular flexibility index (Phi) is 7.47. The van der Waals surface area contributed by atoms with Gasteiger partial charge in [-0.2, -0.15) is 5.10 Å². The molecule has 9 nitrogen and oxygen atoms in total. The van der Waals surface area contributed by atoms with Crippen molar-refractivity contribution in [2.24, 2.45) is 5.10 Å². The van der Waals surface area contributed by atoms with Crippen molar-refractivity contribution < 1.29 is 28.6 Å². The van der Waals surface area contributed by atoms with Crippen molar-refractivity contribution >= 4 is 39.8 Å². The second-order valence-corrected chi connectivity index (χ2v) is 8.05. The average molecular weight is 460 g/mol. The molecule has 1 heterocycles. The van der Waals surface area contributed by atoms with E-state index in [1.807, 2.05) is 0 Å². The van der Waals surface area contributed by atoms with Gasteiger partial charge >= 0.3 is 17.8 Å². The fourth-order valence-corrected chi connectivity index (χ4v) is 4.66. The second-order valence-electron chi connectivity index (χ2n) is 6.94. The second kappa shape index (κ2) is 10.3. The maximum atomic E-state index is 12.4. The summed E-state index contributed by atoms with van der Waals surface area (Å²) >= 11 is 1.30. The topological polar surface area (TPSA) is 115 Å². The minimum atomic E-state index is -0.951. The maximum absolute atomic E-state index is 12.4. The van der Waals surface area contributed by atoms with Gasteiger partial charge in [0.2, 0.25) is 0 Å². The molecule has 0 saturated carbocycles. The Bertz CT molecular complexity index is 1080. The van der Waals surface area contributed by atoms with Crippen LogP contribution >= 0.6 is 11.3 Å². The monoisotopic (exact) mass is 459 g/mol. The molecule has 2 N–H and O–H groups in total. The summed E-state index contributed by atoms with van der Waals surface area (Å²) in [6.07, 6.45) is 2.53. The van der Waals surface area contributed by atoms with Crippen LogP contribution in [0.3, 0.4) is 0 Å². The van der Waals surface area contributed by atoms with Crippen molar-refractivity contribution in [3.63, 3.8) is 0 Å². The molecule has 0 aliphatic heterocycles. The number of ether oxygens (including phenoxy) is 3. The van der Waals surface area contributed by atoms with E-state index in [2.05, 4.69) is 15.8 Å². The fraction of sp³-hybridized carbons (Fsp3) is 0.364. The number of benzene rings is 1. The van der Waals surface area contributed by atoms with Crippen LogP contribution in [0.15, 0.2) is 23.3 Å². The quantitative estimate of drug-likeness (QED) is 0.285. The predicted molar refractivity (Wildman–Crippen MR) is 121 cm³/mol. The Morgan fingerprint density at radius 1 is 1.09 bits per heavy atom. The van der Waals surface area contributed by atoms with Crippen LogP contribution in [0, 0.1) is 0 Å². The molecule has 0 atom stereocenters. The summed E-state index contributed by atoms with van der Waals surface area (Å²) in [7, 11) is 3.05. The molecule has 1 aromatic heterocycles. The van der Waals surface area contributed by atoms with Gasteiger partial charge < -0.3 is 19.5 Å². The Hall–Kier alpha value is -3.40. The number of nitrogens with zero attached hydrogens (tertiary/aromatic N) is 1. The van der Waals surface area contributed by atoms with Gasteiger partial charge in [-0.05, 0) is 56.9 Å². The first kappa shape index (κ1) is 23.3. The molecule has 10 heteroatoms. The van der Waals surface area contributed by atoms with E-state index in [1.165, 1.54) is 25.6 Å². The van der Waals surface area contributed by atoms with Gasteiger partial charge in [0, 0.05) is 10.4 Å². The minimum absolute atomic E-state index is 0.224. The van der Waals surface area contributed by atoms with E-state index in [9.17, 15) is 14.4 Å². The molecule has 2 aromatic rings. The van der Waals surface area contributed by atoms with Crippen LogP contribution in [0.4, 0.5) is 5.00 Å². The summed E-state index contributed by atoms with van der Waals surface area (Å²) in [5.41, 5.74) is 4.63. The summed E-state index contributed by atoms with van der Waals surface area (Å²) in [4.78, 5) is 38.2. The lowest BCUT2D eigenvalue weighted by Crippen LogP contribution is -2.33. The first-order valence-corrected chi connectivity index (χ1v) is 10.9. The van der Waals surface area contributed by atoms with Gasteiger partial charge in [0.05, 0.1) is 32.1 Å². The van der Waals surface area contributed by atoms with E-state index in [-0.39, 0.29) is 6.61 Å². The van der Waals surface area contributed by atoms with Gasteiger partial charge in [-0.15, -0.1) is 11.3 Å². The number of carbonyl (C=O) groups excluding carboxylic acids is 3. The van der Waals surface area contributed by atoms with Gasteiger partial charge in [0.25, 0.3) is 0 Å². The fourth-order valence-electron chi connectivity index (χ4n) is 3.38. The standard InChI is InChI=1S/C22H25N3O6S/c1-5-31-22(28)18-14-7-6-8-17(14)32-21(18)23-19(26)20(27)25-24-12(2)13-9-10-15(29-3)16(11-13)30-4/h9-11H,5-8H2,1-4H3,(H,23,26)(H,25,27)/b24-12-. The number of methoxy groups -OCH3 is 2. The van der Waals surface area contributed by atoms with Gasteiger partial charge in [0.15, 0.2) is 11.5 Å². The van der Waals surface area contributed by atoms with Crippen LogP contribution in [-0.2, 0) is 27.2 Å². The molecule has 32 heavy (non-hydrogen) atoms. The van der Waals surface area contributed by atoms with E-state index in [4.69, 9.17) is 14.2 Å². The number of nitrogens with one attached hydrogen (secondary N) is 2. The molecule has 0 radical (unpaired) electrons. The normalized spacial score (nSPS) is 12.7. The van der Waals surface area contributed by atoms with Crippen LogP contribution in [0.5, 0.6) is 11.5 Å². The van der Waals surface area contributed by atoms with Crippen molar-refractivity contribution in [3.05, 3.63) is 39.8 Å². The first-order valence-electron chi connectivity index (χ1n) is 10.1. The Balaban J connectivity index is 1.71. The number of esters is 1. The zero-order valence-corrected chi connectivity index (χ0v) is 19.2. The third-order valence-electron chi connectivity index (χ3n) is 4.96. The van der Waals surface area contributed by atoms with Crippen molar-refractivity contribution in [2.45, 2.75) is 33.1 Å². The Morgan fingerprint density at radius 2 is 1.84 bits per heavy atom. The van der Waals surface area contributed by atoms with Gasteiger partial charge in [-0.25, -0.2) is 10.2 Å². The van der Waals surface area contributed by atoms with Crippen LogP contribution in [-0.4, -0.2) is 44.3 Å². The first-order chi connectivity index (χ1) is 15.4. The third kappa shape index (κ3) is 4.91. The zero-order chi connectivity index (χ0) is 23.3. The van der Waals surface area contributed by atoms with E-state index in [1.54, 1.807) is 32.0 Å². The van der Waals surface area contributed by atoms with Crippen LogP contribution in [0.2, 0.25) is 0 Å². The summed E-state index contributed by atoms with van der Waals surface area (Å²) < 4.78 is 15.6. The lowest BCUT2D eigenvalue weighted by molar-refractivity contribution is -0.136. The molecular weight excluding hydrogens is 434 g/mol. The summed E-state index contributed by atoms with van der Waals surface area (Å²) in [5.74, 6) is -1.29. The highest BCUT2D eigenvalue weighted by atomic mass is 32.1. The molecule has 1 aromatic carbocycles. The SMILES string of the molecule is CCOC(=O)c1c(NC(=O)C(=O)N/N=C(/C)c2ccc(OC)c(OC)c2)sc2c1CCC2. The smallest absolute Gasteiger partial charge is 0.341 e. The molecule has 1 aliphatic carbocycles. The highest BCUT2D eigenvalue weighted by Gasteiger charge is 2.29. The molecule has 0 spiro atoms. The third-order valence-corrected chi connectivity index (χ3v) is 6.17. The number of aryl methyl sites for hydroxylation is 1. The van der Waals surface area contributed by atoms with Crippen LogP contribution in [0.1, 0.15) is 46.6 Å². The van der Waals surface area contributed by atoms with E-state index >= 15 is 0 Å². The number of rotatable bonds is 7. The number of anilines is 1. The lowest BCUT2D eigenvalue weighted by Gasteiger charge is -2.10. The van der Waals surface area contributed by atoms with Crippen molar-refractivity contribution in [1.29, 1.82) is 0 Å². The van der Waals surface area contributed by atoms with Crippen molar-refractivity contribution in [2.75, 3.05) is 26.1 Å². The molecule has 0 fully saturated rings. The van der Waals surface area contributed by atoms with Gasteiger partial charge in [0.1, 0.15) is 5.00 Å². The van der Waals surface area contributed by atoms with Gasteiger partial charge in [-0.3, -0.25) is 9.59 Å².